The molecule has 3 aliphatic rings. The number of imidazole rings is 1. The minimum Gasteiger partial charge on any atom is -0.381 e. The first kappa shape index (κ1) is 36.1. The van der Waals surface area contributed by atoms with E-state index in [1.807, 2.05) is 13.0 Å². The maximum atomic E-state index is 13.1. The van der Waals surface area contributed by atoms with Crippen LogP contribution >= 0.6 is 11.3 Å². The van der Waals surface area contributed by atoms with Crippen molar-refractivity contribution in [2.24, 2.45) is 7.05 Å². The van der Waals surface area contributed by atoms with E-state index in [2.05, 4.69) is 86.4 Å². The third-order valence-electron chi connectivity index (χ3n) is 11.7. The first-order valence-electron chi connectivity index (χ1n) is 19.7. The summed E-state index contributed by atoms with van der Waals surface area (Å²) in [5.41, 5.74) is 7.58. The van der Waals surface area contributed by atoms with Crippen LogP contribution in [0.1, 0.15) is 60.3 Å². The Hall–Kier alpha value is -5.53. The summed E-state index contributed by atoms with van der Waals surface area (Å²) in [5, 5.41) is 11.1. The molecule has 288 valence electrons. The molecule has 9 rings (SSSR count). The maximum absolute atomic E-state index is 13.1. The highest BCUT2D eigenvalue weighted by molar-refractivity contribution is 7.21. The van der Waals surface area contributed by atoms with Crippen LogP contribution < -0.4 is 26.5 Å². The summed E-state index contributed by atoms with van der Waals surface area (Å²) in [6, 6.07) is 22.6. The smallest absolute Gasteiger partial charge is 0.329 e. The molecule has 2 atom stereocenters. The van der Waals surface area contributed by atoms with Crippen LogP contribution in [0.4, 0.5) is 11.4 Å². The largest absolute Gasteiger partial charge is 0.381 e. The van der Waals surface area contributed by atoms with E-state index in [1.54, 1.807) is 11.6 Å². The quantitative estimate of drug-likeness (QED) is 0.124. The molecule has 3 aromatic carbocycles. The van der Waals surface area contributed by atoms with E-state index in [4.69, 9.17) is 4.98 Å². The number of benzene rings is 3. The lowest BCUT2D eigenvalue weighted by molar-refractivity contribution is -0.135. The Morgan fingerprint density at radius 2 is 1.70 bits per heavy atom. The predicted octanol–water partition coefficient (Wildman–Crippen LogP) is 5.83. The highest BCUT2D eigenvalue weighted by Gasteiger charge is 2.31. The second kappa shape index (κ2) is 14.8. The summed E-state index contributed by atoms with van der Waals surface area (Å²) in [7, 11) is 1.74. The van der Waals surface area contributed by atoms with Crippen molar-refractivity contribution >= 4 is 72.5 Å². The van der Waals surface area contributed by atoms with Crippen molar-refractivity contribution in [3.63, 3.8) is 0 Å². The molecule has 3 aromatic heterocycles. The number of pyridine rings is 1. The Bertz CT molecular complexity index is 2560. The third-order valence-corrected chi connectivity index (χ3v) is 12.9. The number of piperidine rings is 1. The van der Waals surface area contributed by atoms with E-state index in [9.17, 15) is 19.2 Å². The Labute approximate surface area is 328 Å². The summed E-state index contributed by atoms with van der Waals surface area (Å²) in [6.45, 7) is 7.86. The third kappa shape index (κ3) is 6.72. The molecule has 2 fully saturated rings. The van der Waals surface area contributed by atoms with E-state index < -0.39 is 11.9 Å². The number of fused-ring (bicyclic) bond motifs is 6. The van der Waals surface area contributed by atoms with Gasteiger partial charge in [0.15, 0.2) is 0 Å². The number of thiophene rings is 1. The number of aryl methyl sites for hydroxylation is 2. The van der Waals surface area contributed by atoms with E-state index in [1.165, 1.54) is 27.2 Å². The number of piperazine rings is 1. The fourth-order valence-electron chi connectivity index (χ4n) is 8.59. The number of aromatic nitrogens is 3. The molecule has 56 heavy (non-hydrogen) atoms. The second-order valence-electron chi connectivity index (χ2n) is 15.5. The van der Waals surface area contributed by atoms with Crippen LogP contribution in [0.3, 0.4) is 0 Å². The number of nitrogens with zero attached hydrogens (tertiary/aromatic N) is 5. The van der Waals surface area contributed by atoms with Crippen molar-refractivity contribution in [1.82, 2.24) is 29.7 Å². The van der Waals surface area contributed by atoms with Crippen LogP contribution in [0.2, 0.25) is 0 Å². The molecule has 0 spiro atoms. The van der Waals surface area contributed by atoms with Gasteiger partial charge in [0.1, 0.15) is 10.9 Å². The predicted molar refractivity (Wildman–Crippen MR) is 223 cm³/mol. The van der Waals surface area contributed by atoms with Crippen molar-refractivity contribution in [2.75, 3.05) is 49.5 Å². The summed E-state index contributed by atoms with van der Waals surface area (Å²) in [4.78, 5) is 60.9. The summed E-state index contributed by atoms with van der Waals surface area (Å²) >= 11 is 1.53. The van der Waals surface area contributed by atoms with Gasteiger partial charge in [0.05, 0.1) is 27.9 Å². The van der Waals surface area contributed by atoms with Gasteiger partial charge in [0.25, 0.3) is 5.91 Å². The van der Waals surface area contributed by atoms with Gasteiger partial charge in [-0.2, -0.15) is 0 Å². The van der Waals surface area contributed by atoms with Gasteiger partial charge in [-0.3, -0.25) is 33.7 Å². The zero-order valence-corrected chi connectivity index (χ0v) is 32.6. The number of anilines is 2. The van der Waals surface area contributed by atoms with Crippen LogP contribution in [0, 0.1) is 0 Å². The molecule has 0 bridgehead atoms. The Balaban J connectivity index is 0.763. The van der Waals surface area contributed by atoms with Crippen LogP contribution in [-0.2, 0) is 23.1 Å². The highest BCUT2D eigenvalue weighted by Crippen LogP contribution is 2.41. The van der Waals surface area contributed by atoms with Crippen LogP contribution in [-0.4, -0.2) is 82.1 Å². The monoisotopic (exact) mass is 770 g/mol. The molecule has 3 aliphatic heterocycles. The number of nitrogens with one attached hydrogen (secondary N) is 3. The number of amides is 3. The minimum absolute atomic E-state index is 0.0175. The number of unbranched alkanes of at least 4 members (excludes halogenated alkanes) is 2. The Morgan fingerprint density at radius 3 is 2.50 bits per heavy atom. The van der Waals surface area contributed by atoms with Gasteiger partial charge in [-0.05, 0) is 93.2 Å². The SMILES string of the molecule is C[C@@H]1CNc2c(sc3ccc4nc(-c5ccc(N6CCN(CCCCCc7ccc8c(c7)n(C)c(=O)n8C7CCC(=O)NC7=O)CC6)cc5)ccc4c23)C(=O)N1. The van der Waals surface area contributed by atoms with Crippen molar-refractivity contribution in [1.29, 1.82) is 0 Å². The fourth-order valence-corrected chi connectivity index (χ4v) is 9.69. The van der Waals surface area contributed by atoms with E-state index in [-0.39, 0.29) is 30.0 Å². The van der Waals surface area contributed by atoms with Gasteiger partial charge >= 0.3 is 5.69 Å². The molecule has 2 saturated heterocycles. The maximum Gasteiger partial charge on any atom is 0.329 e. The topological polar surface area (TPSA) is 134 Å². The van der Waals surface area contributed by atoms with Gasteiger partial charge in [0.2, 0.25) is 11.8 Å². The molecule has 1 unspecified atom stereocenters. The van der Waals surface area contributed by atoms with Gasteiger partial charge in [-0.25, -0.2) is 9.78 Å². The number of carbonyl (C=O) groups excluding carboxylic acids is 3. The molecule has 0 saturated carbocycles. The lowest BCUT2D eigenvalue weighted by Crippen LogP contribution is -2.46. The molecule has 12 nitrogen and oxygen atoms in total. The van der Waals surface area contributed by atoms with Crippen molar-refractivity contribution in [3.8, 4) is 11.3 Å². The number of hydrogen-bond donors (Lipinski definition) is 3. The Kier molecular flexibility index (Phi) is 9.58. The van der Waals surface area contributed by atoms with E-state index in [0.29, 0.717) is 13.0 Å². The molecule has 6 heterocycles. The first-order valence-corrected chi connectivity index (χ1v) is 20.6. The number of rotatable bonds is 9. The normalized spacial score (nSPS) is 19.2. The second-order valence-corrected chi connectivity index (χ2v) is 16.5. The van der Waals surface area contributed by atoms with Gasteiger partial charge < -0.3 is 15.5 Å². The minimum atomic E-state index is -0.665. The summed E-state index contributed by atoms with van der Waals surface area (Å²) in [6.07, 6.45) is 4.85. The lowest BCUT2D eigenvalue weighted by Gasteiger charge is -2.36. The van der Waals surface area contributed by atoms with E-state index in [0.717, 1.165) is 112 Å². The molecule has 13 heteroatoms. The van der Waals surface area contributed by atoms with E-state index >= 15 is 0 Å². The van der Waals surface area contributed by atoms with Gasteiger partial charge in [-0.15, -0.1) is 11.3 Å². The lowest BCUT2D eigenvalue weighted by atomic mass is 10.0. The molecular weight excluding hydrogens is 725 g/mol. The summed E-state index contributed by atoms with van der Waals surface area (Å²) in [5.74, 6) is -0.715. The van der Waals surface area contributed by atoms with Crippen LogP contribution in [0.15, 0.2) is 71.5 Å². The first-order chi connectivity index (χ1) is 27.2. The van der Waals surface area contributed by atoms with Gasteiger partial charge in [-0.1, -0.05) is 24.6 Å². The average Bonchev–Trinajstić information content (AvgIpc) is 3.66. The zero-order chi connectivity index (χ0) is 38.5. The highest BCUT2D eigenvalue weighted by atomic mass is 32.1. The fraction of sp³-hybridized carbons (Fsp3) is 0.372. The molecule has 3 amide bonds. The van der Waals surface area contributed by atoms with Crippen LogP contribution in [0.5, 0.6) is 0 Å². The Morgan fingerprint density at radius 1 is 0.875 bits per heavy atom. The molecule has 0 aliphatic carbocycles. The van der Waals surface area contributed by atoms with Crippen LogP contribution in [0.25, 0.3) is 43.3 Å². The number of carbonyl (C=O) groups is 3. The number of imide groups is 1. The van der Waals surface area contributed by atoms with Crippen molar-refractivity contribution in [2.45, 2.75) is 57.5 Å². The van der Waals surface area contributed by atoms with Crippen molar-refractivity contribution < 1.29 is 14.4 Å². The average molecular weight is 771 g/mol. The molecule has 6 aromatic rings. The number of hydrogen-bond acceptors (Lipinski definition) is 9. The molecule has 0 radical (unpaired) electrons. The van der Waals surface area contributed by atoms with Crippen molar-refractivity contribution in [3.05, 3.63) is 87.7 Å². The van der Waals surface area contributed by atoms with Gasteiger partial charge in [0, 0.05) is 79.0 Å². The summed E-state index contributed by atoms with van der Waals surface area (Å²) < 4.78 is 4.23. The molecule has 3 N–H and O–H groups in total. The standard InChI is InChI=1S/C43H46N8O4S/c1-26-25-44-39-38-30-12-13-31(46-32(30)14-17-36(38)56-40(39)42(54)45-26)28-8-10-29(11-9-28)50-22-20-49(21-23-50)19-5-3-4-6-27-7-15-33-35(24-27)48(2)43(55)51(33)34-16-18-37(52)47-41(34)53/h7-15,17,24,26,34,44H,3-6,16,18-23,25H2,1-2H3,(H,45,54)(H,47,52,53)/t26-,34?/m1/s1. The molecular formula is C43H46N8O4S. The zero-order valence-electron chi connectivity index (χ0n) is 31.8.